The molecule has 0 aliphatic heterocycles. The van der Waals surface area contributed by atoms with Crippen molar-refractivity contribution in [3.63, 3.8) is 0 Å². The number of hydrogen-bond acceptors (Lipinski definition) is 7. The third-order valence-corrected chi connectivity index (χ3v) is 5.32. The number of benzene rings is 2. The molecule has 0 fully saturated rings. The summed E-state index contributed by atoms with van der Waals surface area (Å²) >= 11 is 4.83. The topological polar surface area (TPSA) is 127 Å². The Hall–Kier alpha value is -4.46. The van der Waals surface area contributed by atoms with E-state index in [-0.39, 0.29) is 21.8 Å². The number of nitrogens with zero attached hydrogens (tertiary/aromatic N) is 3. The van der Waals surface area contributed by atoms with E-state index in [0.717, 1.165) is 16.7 Å². The summed E-state index contributed by atoms with van der Waals surface area (Å²) in [6, 6.07) is 7.84. The van der Waals surface area contributed by atoms with Crippen molar-refractivity contribution in [2.75, 3.05) is 12.4 Å². The molecule has 4 aromatic rings. The van der Waals surface area contributed by atoms with Gasteiger partial charge in [-0.05, 0) is 54.2 Å². The minimum absolute atomic E-state index is 0.00545. The summed E-state index contributed by atoms with van der Waals surface area (Å²) in [6.45, 7) is -0.951. The maximum absolute atomic E-state index is 13.8. The van der Waals surface area contributed by atoms with Gasteiger partial charge in [-0.25, -0.2) is 27.3 Å². The van der Waals surface area contributed by atoms with E-state index < -0.39 is 47.5 Å². The predicted octanol–water partition coefficient (Wildman–Crippen LogP) is 2.42. The molecule has 0 aliphatic carbocycles. The molecular weight excluding hydrogens is 501 g/mol. The zero-order valence-corrected chi connectivity index (χ0v) is 19.3. The van der Waals surface area contributed by atoms with Crippen molar-refractivity contribution in [2.24, 2.45) is 0 Å². The summed E-state index contributed by atoms with van der Waals surface area (Å²) in [5.41, 5.74) is -2.26. The lowest BCUT2D eigenvalue weighted by Gasteiger charge is -2.16. The van der Waals surface area contributed by atoms with Gasteiger partial charge in [0.1, 0.15) is 5.75 Å². The lowest BCUT2D eigenvalue weighted by molar-refractivity contribution is 0.415. The summed E-state index contributed by atoms with van der Waals surface area (Å²) in [5.74, 6) is -4.26. The molecular formula is C22H17F3N6O4S. The molecule has 0 aliphatic rings. The number of halogens is 3. The van der Waals surface area contributed by atoms with Crippen molar-refractivity contribution in [1.82, 2.24) is 24.1 Å². The molecule has 3 N–H and O–H groups in total. The van der Waals surface area contributed by atoms with Gasteiger partial charge in [-0.3, -0.25) is 14.3 Å². The number of rotatable bonds is 7. The number of aromatic nitrogens is 5. The normalized spacial score (nSPS) is 10.9. The second kappa shape index (κ2) is 10.0. The highest BCUT2D eigenvalue weighted by atomic mass is 32.1. The van der Waals surface area contributed by atoms with E-state index in [1.807, 2.05) is 0 Å². The van der Waals surface area contributed by atoms with Crippen molar-refractivity contribution in [2.45, 2.75) is 13.1 Å². The van der Waals surface area contributed by atoms with Crippen LogP contribution in [0.4, 0.5) is 24.8 Å². The third-order valence-electron chi connectivity index (χ3n) is 5.11. The number of aromatic amines is 2. The van der Waals surface area contributed by atoms with Crippen LogP contribution in [-0.2, 0) is 13.1 Å². The van der Waals surface area contributed by atoms with Gasteiger partial charge in [0, 0.05) is 11.9 Å². The summed E-state index contributed by atoms with van der Waals surface area (Å²) in [7, 11) is 1.48. The molecule has 2 heterocycles. The van der Waals surface area contributed by atoms with Gasteiger partial charge >= 0.3 is 11.4 Å². The minimum atomic E-state index is -1.66. The van der Waals surface area contributed by atoms with Crippen LogP contribution in [0, 0.1) is 22.2 Å². The highest BCUT2D eigenvalue weighted by molar-refractivity contribution is 7.71. The summed E-state index contributed by atoms with van der Waals surface area (Å²) in [4.78, 5) is 47.1. The Kier molecular flexibility index (Phi) is 6.87. The quantitative estimate of drug-likeness (QED) is 0.253. The fourth-order valence-electron chi connectivity index (χ4n) is 3.31. The number of anilines is 2. The first kappa shape index (κ1) is 24.7. The molecule has 0 atom stereocenters. The first-order valence-electron chi connectivity index (χ1n) is 10.2. The van der Waals surface area contributed by atoms with Crippen LogP contribution in [0.15, 0.2) is 57.0 Å². The molecule has 0 bridgehead atoms. The molecule has 186 valence electrons. The van der Waals surface area contributed by atoms with E-state index >= 15 is 0 Å². The monoisotopic (exact) mass is 518 g/mol. The molecule has 0 amide bonds. The smallest absolute Gasteiger partial charge is 0.355 e. The second-order valence-electron chi connectivity index (χ2n) is 7.50. The number of nitrogens with one attached hydrogen (secondary N) is 3. The molecule has 0 saturated carbocycles. The van der Waals surface area contributed by atoms with E-state index in [2.05, 4.69) is 20.3 Å². The zero-order valence-electron chi connectivity index (χ0n) is 18.5. The Labute approximate surface area is 204 Å². The first-order chi connectivity index (χ1) is 17.2. The molecule has 36 heavy (non-hydrogen) atoms. The molecule has 4 rings (SSSR count). The van der Waals surface area contributed by atoms with Gasteiger partial charge in [0.15, 0.2) is 22.2 Å². The molecule has 2 aromatic heterocycles. The fraction of sp³-hybridized carbons (Fsp3) is 0.136. The van der Waals surface area contributed by atoms with Crippen LogP contribution >= 0.6 is 12.2 Å². The van der Waals surface area contributed by atoms with E-state index in [0.29, 0.717) is 16.0 Å². The lowest BCUT2D eigenvalue weighted by Crippen LogP contribution is -2.43. The fourth-order valence-corrected chi connectivity index (χ4v) is 3.47. The van der Waals surface area contributed by atoms with Crippen molar-refractivity contribution < 1.29 is 17.9 Å². The van der Waals surface area contributed by atoms with E-state index in [1.54, 1.807) is 24.3 Å². The second-order valence-corrected chi connectivity index (χ2v) is 7.91. The summed E-state index contributed by atoms with van der Waals surface area (Å²) in [5, 5.41) is 2.81. The number of H-pyrrole nitrogens is 2. The van der Waals surface area contributed by atoms with Gasteiger partial charge < -0.3 is 15.0 Å². The van der Waals surface area contributed by atoms with Crippen LogP contribution < -0.4 is 27.0 Å². The minimum Gasteiger partial charge on any atom is -0.497 e. The maximum Gasteiger partial charge on any atom is 0.355 e. The van der Waals surface area contributed by atoms with Crippen LogP contribution in [0.2, 0.25) is 0 Å². The molecule has 0 saturated heterocycles. The molecule has 0 unspecified atom stereocenters. The molecule has 2 aromatic carbocycles. The van der Waals surface area contributed by atoms with Gasteiger partial charge in [-0.2, -0.15) is 4.98 Å². The highest BCUT2D eigenvalue weighted by Gasteiger charge is 2.18. The van der Waals surface area contributed by atoms with Gasteiger partial charge in [-0.15, -0.1) is 0 Å². The summed E-state index contributed by atoms with van der Waals surface area (Å²) in [6.07, 6.45) is 1.24. The average molecular weight is 518 g/mol. The first-order valence-corrected chi connectivity index (χ1v) is 10.6. The Bertz CT molecular complexity index is 1650. The third kappa shape index (κ3) is 5.12. The van der Waals surface area contributed by atoms with Gasteiger partial charge in [0.25, 0.3) is 5.56 Å². The van der Waals surface area contributed by atoms with Crippen molar-refractivity contribution in [3.05, 3.63) is 107 Å². The number of ether oxygens (including phenoxy) is 1. The Morgan fingerprint density at radius 1 is 1.03 bits per heavy atom. The molecule has 10 nitrogen and oxygen atoms in total. The van der Waals surface area contributed by atoms with Crippen LogP contribution in [0.1, 0.15) is 11.1 Å². The predicted molar refractivity (Wildman–Crippen MR) is 126 cm³/mol. The standard InChI is InChI=1S/C22H17F3N6O4S/c1-35-14-4-2-13(3-5-14)27-19-29-21(33)31(10-12-8-26-20(36)28-18(12)32)22(34)30(19)9-11-6-15(23)17(25)16(24)7-11/h2-8H,9-10H2,1H3,(H,27,29,33)(H2,26,28,32,36). The zero-order chi connectivity index (χ0) is 26.0. The molecule has 0 radical (unpaired) electrons. The van der Waals surface area contributed by atoms with Crippen molar-refractivity contribution >= 4 is 23.9 Å². The van der Waals surface area contributed by atoms with Crippen LogP contribution in [0.5, 0.6) is 5.75 Å². The lowest BCUT2D eigenvalue weighted by atomic mass is 10.2. The van der Waals surface area contributed by atoms with Crippen molar-refractivity contribution in [1.29, 1.82) is 0 Å². The molecule has 0 spiro atoms. The largest absolute Gasteiger partial charge is 0.497 e. The molecule has 14 heteroatoms. The Balaban J connectivity index is 1.83. The maximum atomic E-state index is 13.8. The Morgan fingerprint density at radius 3 is 2.31 bits per heavy atom. The van der Waals surface area contributed by atoms with E-state index in [9.17, 15) is 27.6 Å². The summed E-state index contributed by atoms with van der Waals surface area (Å²) < 4.78 is 47.8. The van der Waals surface area contributed by atoms with E-state index in [1.165, 1.54) is 13.3 Å². The average Bonchev–Trinajstić information content (AvgIpc) is 2.84. The number of hydrogen-bond donors (Lipinski definition) is 3. The van der Waals surface area contributed by atoms with Crippen LogP contribution in [-0.4, -0.2) is 31.2 Å². The van der Waals surface area contributed by atoms with Gasteiger partial charge in [0.2, 0.25) is 5.95 Å². The van der Waals surface area contributed by atoms with Gasteiger partial charge in [0.05, 0.1) is 25.8 Å². The van der Waals surface area contributed by atoms with Crippen molar-refractivity contribution in [3.8, 4) is 5.75 Å². The van der Waals surface area contributed by atoms with Crippen LogP contribution in [0.3, 0.4) is 0 Å². The van der Waals surface area contributed by atoms with Crippen LogP contribution in [0.25, 0.3) is 0 Å². The number of methoxy groups -OCH3 is 1. The SMILES string of the molecule is COc1ccc(Nc2nc(=O)n(Cc3c[nH]c(=S)[nH]c3=O)c(=O)n2Cc2cc(F)c(F)c(F)c2)cc1. The van der Waals surface area contributed by atoms with Gasteiger partial charge in [-0.1, -0.05) is 0 Å². The highest BCUT2D eigenvalue weighted by Crippen LogP contribution is 2.19. The van der Waals surface area contributed by atoms with E-state index in [4.69, 9.17) is 17.0 Å². The Morgan fingerprint density at radius 2 is 1.69 bits per heavy atom.